The fourth-order valence-electron chi connectivity index (χ4n) is 5.61. The number of rotatable bonds is 6. The van der Waals surface area contributed by atoms with Gasteiger partial charge in [0.1, 0.15) is 11.6 Å². The summed E-state index contributed by atoms with van der Waals surface area (Å²) in [7, 11) is 0. The maximum atomic E-state index is 15.1. The Morgan fingerprint density at radius 2 is 0.560 bits per heavy atom. The van der Waals surface area contributed by atoms with Crippen molar-refractivity contribution in [2.75, 3.05) is 9.80 Å². The predicted octanol–water partition coefficient (Wildman–Crippen LogP) is 11.7. The largest absolute Gasteiger partial charge is 0.311 e. The van der Waals surface area contributed by atoms with Crippen LogP contribution in [0.1, 0.15) is 22.3 Å². The third kappa shape index (κ3) is 7.32. The molecule has 7 aromatic carbocycles. The number of anilines is 6. The second-order valence-corrected chi connectivity index (χ2v) is 11.4. The summed E-state index contributed by atoms with van der Waals surface area (Å²) in [6, 6.07) is 57.9. The summed E-state index contributed by atoms with van der Waals surface area (Å²) in [5, 5.41) is 0. The van der Waals surface area contributed by atoms with E-state index < -0.39 is 11.6 Å². The summed E-state index contributed by atoms with van der Waals surface area (Å²) >= 11 is 0. The summed E-state index contributed by atoms with van der Waals surface area (Å²) in [6.45, 7) is 0. The third-order valence-corrected chi connectivity index (χ3v) is 8.05. The first-order valence-electron chi connectivity index (χ1n) is 16.2. The van der Waals surface area contributed by atoms with Crippen LogP contribution >= 0.6 is 0 Å². The van der Waals surface area contributed by atoms with Gasteiger partial charge in [-0.2, -0.15) is 0 Å². The highest BCUT2D eigenvalue weighted by molar-refractivity contribution is 5.78. The van der Waals surface area contributed by atoms with E-state index in [1.807, 2.05) is 170 Å². The zero-order valence-electron chi connectivity index (χ0n) is 27.0. The highest BCUT2D eigenvalue weighted by Gasteiger charge is 2.13. The van der Waals surface area contributed by atoms with Crippen LogP contribution in [-0.2, 0) is 0 Å². The van der Waals surface area contributed by atoms with E-state index >= 15 is 8.78 Å². The molecule has 0 unspecified atom stereocenters. The molecule has 0 saturated carbocycles. The lowest BCUT2D eigenvalue weighted by atomic mass is 10.1. The molecule has 238 valence electrons. The second-order valence-electron chi connectivity index (χ2n) is 11.4. The Balaban J connectivity index is 1.08. The number of halogens is 2. The lowest BCUT2D eigenvalue weighted by Crippen LogP contribution is -2.09. The van der Waals surface area contributed by atoms with Crippen molar-refractivity contribution < 1.29 is 8.78 Å². The van der Waals surface area contributed by atoms with Crippen molar-refractivity contribution in [2.45, 2.75) is 0 Å². The van der Waals surface area contributed by atoms with Crippen LogP contribution in [0.2, 0.25) is 0 Å². The van der Waals surface area contributed by atoms with Crippen LogP contribution in [0.4, 0.5) is 42.9 Å². The smallest absolute Gasteiger partial charge is 0.140 e. The van der Waals surface area contributed by atoms with Gasteiger partial charge in [0, 0.05) is 45.3 Å². The van der Waals surface area contributed by atoms with Gasteiger partial charge in [-0.1, -0.05) is 96.5 Å². The Kier molecular flexibility index (Phi) is 9.45. The van der Waals surface area contributed by atoms with Crippen molar-refractivity contribution in [1.29, 1.82) is 0 Å². The van der Waals surface area contributed by atoms with Gasteiger partial charge in [0.05, 0.1) is 11.1 Å². The molecular formula is C46H30F2N2. The Morgan fingerprint density at radius 3 is 0.840 bits per heavy atom. The van der Waals surface area contributed by atoms with E-state index in [9.17, 15) is 0 Å². The van der Waals surface area contributed by atoms with Gasteiger partial charge in [-0.05, 0) is 109 Å². The zero-order valence-corrected chi connectivity index (χ0v) is 27.0. The van der Waals surface area contributed by atoms with E-state index in [1.54, 1.807) is 0 Å². The zero-order chi connectivity index (χ0) is 34.1. The molecule has 0 fully saturated rings. The van der Waals surface area contributed by atoms with Crippen LogP contribution in [0.15, 0.2) is 182 Å². The molecule has 2 nitrogen and oxygen atoms in total. The van der Waals surface area contributed by atoms with Crippen LogP contribution in [0.5, 0.6) is 0 Å². The third-order valence-electron chi connectivity index (χ3n) is 8.05. The van der Waals surface area contributed by atoms with Gasteiger partial charge in [-0.3, -0.25) is 0 Å². The normalized spacial score (nSPS) is 10.3. The first-order chi connectivity index (χ1) is 24.6. The number of hydrogen-bond acceptors (Lipinski definition) is 2. The summed E-state index contributed by atoms with van der Waals surface area (Å²) in [4.78, 5) is 4.29. The molecule has 0 spiro atoms. The minimum absolute atomic E-state index is 0.0291. The highest BCUT2D eigenvalue weighted by atomic mass is 19.1. The summed E-state index contributed by atoms with van der Waals surface area (Å²) in [5.41, 5.74) is 7.29. The van der Waals surface area contributed by atoms with Crippen LogP contribution < -0.4 is 9.80 Å². The first-order valence-corrected chi connectivity index (χ1v) is 16.2. The molecule has 0 aliphatic carbocycles. The van der Waals surface area contributed by atoms with Gasteiger partial charge in [0.25, 0.3) is 0 Å². The van der Waals surface area contributed by atoms with Crippen molar-refractivity contribution in [3.05, 3.63) is 216 Å². The maximum Gasteiger partial charge on any atom is 0.140 e. The molecule has 7 rings (SSSR count). The second kappa shape index (κ2) is 14.9. The van der Waals surface area contributed by atoms with Crippen molar-refractivity contribution in [1.82, 2.24) is 0 Å². The molecule has 0 heterocycles. The number of nitrogens with zero attached hydrogens (tertiary/aromatic N) is 2. The van der Waals surface area contributed by atoms with Crippen molar-refractivity contribution in [3.63, 3.8) is 0 Å². The maximum absolute atomic E-state index is 15.1. The van der Waals surface area contributed by atoms with Gasteiger partial charge in [0.2, 0.25) is 0 Å². The molecule has 0 aliphatic heterocycles. The molecule has 0 amide bonds. The van der Waals surface area contributed by atoms with Gasteiger partial charge in [0.15, 0.2) is 0 Å². The quantitative estimate of drug-likeness (QED) is 0.166. The van der Waals surface area contributed by atoms with Crippen molar-refractivity contribution >= 4 is 34.1 Å². The standard InChI is InChI=1S/C46H30F2N2/c47-45-34-38(28-22-36-25-31-44(32-26-36)50(41-17-9-3-10-18-41)42-19-11-4-12-20-42)46(48)33-37(45)27-21-35-23-29-43(30-24-35)49(39-13-5-1-6-14-39)40-15-7-2-8-16-40/h1-20,23-26,29-34H. The molecule has 0 N–H and O–H groups in total. The van der Waals surface area contributed by atoms with E-state index in [0.717, 1.165) is 46.3 Å². The SMILES string of the molecule is Fc1cc(C#Cc2ccc(N(c3ccccc3)c3ccccc3)cc2)c(F)cc1C#Cc1ccc(N(c2ccccc2)c2ccccc2)cc1. The van der Waals surface area contributed by atoms with E-state index in [4.69, 9.17) is 0 Å². The van der Waals surface area contributed by atoms with Gasteiger partial charge in [-0.15, -0.1) is 0 Å². The number of para-hydroxylation sites is 4. The Morgan fingerprint density at radius 1 is 0.300 bits per heavy atom. The number of benzene rings is 7. The van der Waals surface area contributed by atoms with Gasteiger partial charge >= 0.3 is 0 Å². The topological polar surface area (TPSA) is 6.48 Å². The van der Waals surface area contributed by atoms with Crippen molar-refractivity contribution in [3.8, 4) is 23.7 Å². The monoisotopic (exact) mass is 648 g/mol. The average molecular weight is 649 g/mol. The van der Waals surface area contributed by atoms with E-state index in [0.29, 0.717) is 11.1 Å². The van der Waals surface area contributed by atoms with E-state index in [1.165, 1.54) is 0 Å². The van der Waals surface area contributed by atoms with Crippen LogP contribution in [0, 0.1) is 35.3 Å². The molecule has 0 radical (unpaired) electrons. The first kappa shape index (κ1) is 31.7. The predicted molar refractivity (Wildman–Crippen MR) is 201 cm³/mol. The van der Waals surface area contributed by atoms with Crippen LogP contribution in [-0.4, -0.2) is 0 Å². The molecule has 0 aromatic heterocycles. The summed E-state index contributed by atoms with van der Waals surface area (Å²) < 4.78 is 30.2. The molecule has 50 heavy (non-hydrogen) atoms. The summed E-state index contributed by atoms with van der Waals surface area (Å²) in [6.07, 6.45) is 0. The minimum atomic E-state index is -0.629. The Bertz CT molecular complexity index is 2070. The van der Waals surface area contributed by atoms with E-state index in [-0.39, 0.29) is 11.1 Å². The summed E-state index contributed by atoms with van der Waals surface area (Å²) in [5.74, 6) is 10.3. The fourth-order valence-corrected chi connectivity index (χ4v) is 5.61. The molecule has 0 atom stereocenters. The Labute approximate surface area is 291 Å². The molecule has 0 bridgehead atoms. The molecule has 4 heteroatoms. The highest BCUT2D eigenvalue weighted by Crippen LogP contribution is 2.35. The Hall–Kier alpha value is -6.88. The molecule has 0 aliphatic rings. The number of hydrogen-bond donors (Lipinski definition) is 0. The average Bonchev–Trinajstić information content (AvgIpc) is 3.17. The van der Waals surface area contributed by atoms with Crippen molar-refractivity contribution in [2.24, 2.45) is 0 Å². The lowest BCUT2D eigenvalue weighted by Gasteiger charge is -2.25. The minimum Gasteiger partial charge on any atom is -0.311 e. The molecular weight excluding hydrogens is 619 g/mol. The fraction of sp³-hybridized carbons (Fsp3) is 0. The van der Waals surface area contributed by atoms with Crippen LogP contribution in [0.25, 0.3) is 0 Å². The van der Waals surface area contributed by atoms with Crippen LogP contribution in [0.3, 0.4) is 0 Å². The van der Waals surface area contributed by atoms with E-state index in [2.05, 4.69) is 33.5 Å². The van der Waals surface area contributed by atoms with Gasteiger partial charge in [-0.25, -0.2) is 8.78 Å². The van der Waals surface area contributed by atoms with Gasteiger partial charge < -0.3 is 9.80 Å². The lowest BCUT2D eigenvalue weighted by molar-refractivity contribution is 0.594. The molecule has 7 aromatic rings. The molecule has 0 saturated heterocycles.